The van der Waals surface area contributed by atoms with Gasteiger partial charge in [-0.1, -0.05) is 56.3 Å². The summed E-state index contributed by atoms with van der Waals surface area (Å²) in [7, 11) is 0. The zero-order valence-corrected chi connectivity index (χ0v) is 22.6. The van der Waals surface area contributed by atoms with Crippen molar-refractivity contribution >= 4 is 29.6 Å². The third-order valence-corrected chi connectivity index (χ3v) is 5.85. The van der Waals surface area contributed by atoms with Crippen LogP contribution in [0.25, 0.3) is 0 Å². The van der Waals surface area contributed by atoms with Crippen LogP contribution in [0.1, 0.15) is 31.4 Å². The van der Waals surface area contributed by atoms with Gasteiger partial charge in [-0.15, -0.1) is 0 Å². The van der Waals surface area contributed by atoms with E-state index in [4.69, 9.17) is 5.73 Å². The van der Waals surface area contributed by atoms with Gasteiger partial charge in [-0.3, -0.25) is 19.2 Å². The van der Waals surface area contributed by atoms with E-state index in [-0.39, 0.29) is 30.9 Å². The SMILES string of the molecule is CC(C)C[C@H](NC(=O)C(Cc1ccccc1)NC(=O)CNC(=O)CNC(=O)[C@@H](N)Cc1ccc(O)cc1)C(=O)O. The maximum atomic E-state index is 13.0. The summed E-state index contributed by atoms with van der Waals surface area (Å²) in [6, 6.07) is 12.0. The third kappa shape index (κ3) is 11.5. The van der Waals surface area contributed by atoms with Gasteiger partial charge in [0.05, 0.1) is 19.1 Å². The molecule has 0 heterocycles. The number of carbonyl (C=O) groups is 5. The fraction of sp³-hybridized carbons (Fsp3) is 0.393. The number of amides is 4. The van der Waals surface area contributed by atoms with Crippen LogP contribution >= 0.6 is 0 Å². The molecule has 0 fully saturated rings. The van der Waals surface area contributed by atoms with E-state index in [1.165, 1.54) is 12.1 Å². The van der Waals surface area contributed by atoms with Crippen molar-refractivity contribution in [1.29, 1.82) is 0 Å². The highest BCUT2D eigenvalue weighted by Gasteiger charge is 2.27. The van der Waals surface area contributed by atoms with Gasteiger partial charge in [-0.2, -0.15) is 0 Å². The highest BCUT2D eigenvalue weighted by molar-refractivity contribution is 5.93. The lowest BCUT2D eigenvalue weighted by Gasteiger charge is -2.22. The summed E-state index contributed by atoms with van der Waals surface area (Å²) >= 11 is 0. The van der Waals surface area contributed by atoms with E-state index < -0.39 is 60.8 Å². The Bertz CT molecular complexity index is 1160. The molecular formula is C28H37N5O7. The largest absolute Gasteiger partial charge is 0.508 e. The molecule has 0 spiro atoms. The molecule has 2 aromatic carbocycles. The number of nitrogens with two attached hydrogens (primary N) is 1. The fourth-order valence-corrected chi connectivity index (χ4v) is 3.79. The second-order valence-corrected chi connectivity index (χ2v) is 9.81. The van der Waals surface area contributed by atoms with Gasteiger partial charge in [0.25, 0.3) is 0 Å². The van der Waals surface area contributed by atoms with Crippen molar-refractivity contribution in [3.8, 4) is 5.75 Å². The van der Waals surface area contributed by atoms with E-state index in [1.54, 1.807) is 42.5 Å². The molecule has 0 aromatic heterocycles. The van der Waals surface area contributed by atoms with E-state index in [9.17, 15) is 34.2 Å². The first-order valence-electron chi connectivity index (χ1n) is 12.9. The number of carbonyl (C=O) groups excluding carboxylic acids is 4. The van der Waals surface area contributed by atoms with Crippen molar-refractivity contribution in [1.82, 2.24) is 21.3 Å². The number of aliphatic carboxylic acids is 1. The van der Waals surface area contributed by atoms with E-state index in [0.717, 1.165) is 11.1 Å². The fourth-order valence-electron chi connectivity index (χ4n) is 3.79. The topological polar surface area (TPSA) is 200 Å². The Morgan fingerprint density at radius 3 is 1.95 bits per heavy atom. The lowest BCUT2D eigenvalue weighted by Crippen LogP contribution is -2.54. The zero-order chi connectivity index (χ0) is 29.7. The Hall–Kier alpha value is -4.45. The van der Waals surface area contributed by atoms with Crippen molar-refractivity contribution in [2.45, 2.75) is 51.2 Å². The molecule has 0 aliphatic heterocycles. The number of aromatic hydroxyl groups is 1. The molecule has 8 N–H and O–H groups in total. The molecule has 0 saturated carbocycles. The average Bonchev–Trinajstić information content (AvgIpc) is 2.91. The first kappa shape index (κ1) is 31.8. The van der Waals surface area contributed by atoms with Crippen LogP contribution in [0, 0.1) is 5.92 Å². The van der Waals surface area contributed by atoms with Crippen molar-refractivity contribution in [3.05, 3.63) is 65.7 Å². The minimum Gasteiger partial charge on any atom is -0.508 e. The molecule has 4 amide bonds. The van der Waals surface area contributed by atoms with Gasteiger partial charge in [0.15, 0.2) is 0 Å². The second-order valence-electron chi connectivity index (χ2n) is 9.81. The molecule has 2 aromatic rings. The van der Waals surface area contributed by atoms with Crippen molar-refractivity contribution in [2.24, 2.45) is 11.7 Å². The number of hydrogen-bond acceptors (Lipinski definition) is 7. The Labute approximate surface area is 232 Å². The van der Waals surface area contributed by atoms with Crippen LogP contribution in [0.3, 0.4) is 0 Å². The first-order chi connectivity index (χ1) is 18.9. The number of carboxylic acids is 1. The van der Waals surface area contributed by atoms with Crippen LogP contribution in [0.2, 0.25) is 0 Å². The predicted octanol–water partition coefficient (Wildman–Crippen LogP) is -0.163. The molecule has 12 nitrogen and oxygen atoms in total. The van der Waals surface area contributed by atoms with Crippen LogP contribution in [0.4, 0.5) is 0 Å². The first-order valence-corrected chi connectivity index (χ1v) is 12.9. The standard InChI is InChI=1S/C28H37N5O7/c1-17(2)12-23(28(39)40)33-27(38)22(14-18-6-4-3-5-7-18)32-25(36)16-30-24(35)15-31-26(37)21(29)13-19-8-10-20(34)11-9-19/h3-11,17,21-23,34H,12-16,29H2,1-2H3,(H,30,35)(H,31,37)(H,32,36)(H,33,38)(H,39,40)/t21-,22?,23-/m0/s1. The van der Waals surface area contributed by atoms with Crippen molar-refractivity contribution < 1.29 is 34.2 Å². The second kappa shape index (κ2) is 15.8. The monoisotopic (exact) mass is 555 g/mol. The molecule has 0 aliphatic rings. The highest BCUT2D eigenvalue weighted by Crippen LogP contribution is 2.11. The van der Waals surface area contributed by atoms with Gasteiger partial charge in [0, 0.05) is 6.42 Å². The molecule has 0 bridgehead atoms. The Balaban J connectivity index is 1.88. The maximum Gasteiger partial charge on any atom is 0.326 e. The Kier molecular flexibility index (Phi) is 12.6. The summed E-state index contributed by atoms with van der Waals surface area (Å²) in [5.41, 5.74) is 7.35. The predicted molar refractivity (Wildman–Crippen MR) is 147 cm³/mol. The smallest absolute Gasteiger partial charge is 0.326 e. The number of rotatable bonds is 15. The van der Waals surface area contributed by atoms with E-state index in [1.807, 2.05) is 13.8 Å². The van der Waals surface area contributed by atoms with E-state index in [2.05, 4.69) is 21.3 Å². The molecule has 40 heavy (non-hydrogen) atoms. The summed E-state index contributed by atoms with van der Waals surface area (Å²) in [5.74, 6) is -3.62. The van der Waals surface area contributed by atoms with Gasteiger partial charge in [0.2, 0.25) is 23.6 Å². The van der Waals surface area contributed by atoms with Gasteiger partial charge in [-0.05, 0) is 42.0 Å². The van der Waals surface area contributed by atoms with Crippen molar-refractivity contribution in [3.63, 3.8) is 0 Å². The minimum absolute atomic E-state index is 0.0154. The number of phenols is 1. The highest BCUT2D eigenvalue weighted by atomic mass is 16.4. The molecular weight excluding hydrogens is 518 g/mol. The normalized spacial score (nSPS) is 13.0. The molecule has 0 radical (unpaired) electrons. The van der Waals surface area contributed by atoms with E-state index in [0.29, 0.717) is 0 Å². The van der Waals surface area contributed by atoms with Gasteiger partial charge >= 0.3 is 5.97 Å². The lowest BCUT2D eigenvalue weighted by molar-refractivity contribution is -0.142. The number of phenolic OH excluding ortho intramolecular Hbond substituents is 1. The Morgan fingerprint density at radius 1 is 0.750 bits per heavy atom. The summed E-state index contributed by atoms with van der Waals surface area (Å²) in [6.07, 6.45) is 0.518. The number of benzene rings is 2. The average molecular weight is 556 g/mol. The number of hydrogen-bond donors (Lipinski definition) is 7. The minimum atomic E-state index is -1.18. The molecule has 0 saturated heterocycles. The molecule has 3 atom stereocenters. The van der Waals surface area contributed by atoms with Gasteiger partial charge in [-0.25, -0.2) is 4.79 Å². The summed E-state index contributed by atoms with van der Waals surface area (Å²) in [6.45, 7) is 2.78. The number of nitrogens with one attached hydrogen (secondary N) is 4. The van der Waals surface area contributed by atoms with Crippen LogP contribution in [-0.2, 0) is 36.8 Å². The Morgan fingerprint density at radius 2 is 1.35 bits per heavy atom. The van der Waals surface area contributed by atoms with Gasteiger partial charge in [0.1, 0.15) is 17.8 Å². The quantitative estimate of drug-likeness (QED) is 0.157. The van der Waals surface area contributed by atoms with E-state index >= 15 is 0 Å². The lowest BCUT2D eigenvalue weighted by atomic mass is 10.0. The molecule has 12 heteroatoms. The molecule has 2 rings (SSSR count). The summed E-state index contributed by atoms with van der Waals surface area (Å²) in [5, 5.41) is 28.6. The van der Waals surface area contributed by atoms with Gasteiger partial charge < -0.3 is 37.2 Å². The summed E-state index contributed by atoms with van der Waals surface area (Å²) < 4.78 is 0. The van der Waals surface area contributed by atoms with Crippen LogP contribution in [0.15, 0.2) is 54.6 Å². The third-order valence-electron chi connectivity index (χ3n) is 5.85. The maximum absolute atomic E-state index is 13.0. The number of carboxylic acid groups (broad SMARTS) is 1. The van der Waals surface area contributed by atoms with Crippen LogP contribution in [0.5, 0.6) is 5.75 Å². The molecule has 216 valence electrons. The molecule has 1 unspecified atom stereocenters. The molecule has 0 aliphatic carbocycles. The summed E-state index contributed by atoms with van der Waals surface area (Å²) in [4.78, 5) is 61.6. The van der Waals surface area contributed by atoms with Crippen LogP contribution < -0.4 is 27.0 Å². The zero-order valence-electron chi connectivity index (χ0n) is 22.6. The van der Waals surface area contributed by atoms with Crippen LogP contribution in [-0.4, -0.2) is 71.0 Å². The van der Waals surface area contributed by atoms with Crippen molar-refractivity contribution in [2.75, 3.05) is 13.1 Å².